The van der Waals surface area contributed by atoms with Crippen molar-refractivity contribution in [3.05, 3.63) is 17.7 Å². The maximum Gasteiger partial charge on any atom is 0.225 e. The molecular formula is C21H34N4O2. The molecule has 4 rings (SSSR count). The number of nitrogens with zero attached hydrogens (tertiary/aromatic N) is 3. The minimum Gasteiger partial charge on any atom is -0.396 e. The number of aromatic amines is 1. The summed E-state index contributed by atoms with van der Waals surface area (Å²) in [7, 11) is 0. The van der Waals surface area contributed by atoms with Crippen molar-refractivity contribution in [2.24, 2.45) is 17.3 Å². The molecule has 6 nitrogen and oxygen atoms in total. The highest BCUT2D eigenvalue weighted by atomic mass is 16.3. The van der Waals surface area contributed by atoms with Crippen LogP contribution in [0, 0.1) is 24.2 Å². The van der Waals surface area contributed by atoms with Gasteiger partial charge in [0.25, 0.3) is 0 Å². The first kappa shape index (κ1) is 18.9. The normalized spacial score (nSPS) is 26.7. The number of nitrogens with one attached hydrogen (secondary N) is 1. The minimum atomic E-state index is 0.203. The smallest absolute Gasteiger partial charge is 0.225 e. The summed E-state index contributed by atoms with van der Waals surface area (Å²) < 4.78 is 0. The topological polar surface area (TPSA) is 72.5 Å². The molecule has 1 atom stereocenters. The summed E-state index contributed by atoms with van der Waals surface area (Å²) in [5.41, 5.74) is 1.39. The summed E-state index contributed by atoms with van der Waals surface area (Å²) >= 11 is 0. The Balaban J connectivity index is 1.34. The van der Waals surface area contributed by atoms with Crippen molar-refractivity contribution in [2.75, 3.05) is 32.8 Å². The van der Waals surface area contributed by atoms with Crippen molar-refractivity contribution in [2.45, 2.75) is 58.4 Å². The van der Waals surface area contributed by atoms with Gasteiger partial charge in [-0.05, 0) is 57.5 Å². The van der Waals surface area contributed by atoms with Gasteiger partial charge in [-0.3, -0.25) is 9.69 Å². The maximum atomic E-state index is 12.8. The zero-order valence-electron chi connectivity index (χ0n) is 16.6. The molecule has 1 saturated carbocycles. The van der Waals surface area contributed by atoms with E-state index in [1.165, 1.54) is 18.5 Å². The molecule has 27 heavy (non-hydrogen) atoms. The number of aliphatic hydroxyl groups is 1. The zero-order chi connectivity index (χ0) is 18.9. The number of amides is 1. The van der Waals surface area contributed by atoms with Crippen LogP contribution in [0.5, 0.6) is 0 Å². The van der Waals surface area contributed by atoms with Gasteiger partial charge in [-0.25, -0.2) is 4.98 Å². The average molecular weight is 375 g/mol. The lowest BCUT2D eigenvalue weighted by Crippen LogP contribution is -2.55. The molecule has 150 valence electrons. The number of piperidine rings is 2. The van der Waals surface area contributed by atoms with Crippen LogP contribution in [0.1, 0.15) is 56.5 Å². The van der Waals surface area contributed by atoms with E-state index < -0.39 is 0 Å². The quantitative estimate of drug-likeness (QED) is 0.848. The lowest BCUT2D eigenvalue weighted by Gasteiger charge is -2.51. The van der Waals surface area contributed by atoms with Crippen LogP contribution in [0.2, 0.25) is 0 Å². The molecule has 2 saturated heterocycles. The van der Waals surface area contributed by atoms with E-state index in [0.717, 1.165) is 70.7 Å². The molecule has 1 aromatic heterocycles. The fourth-order valence-corrected chi connectivity index (χ4v) is 5.60. The van der Waals surface area contributed by atoms with E-state index >= 15 is 0 Å². The third kappa shape index (κ3) is 3.92. The Labute approximate surface area is 162 Å². The number of rotatable bonds is 4. The van der Waals surface area contributed by atoms with E-state index in [0.29, 0.717) is 5.91 Å². The predicted octanol–water partition coefficient (Wildman–Crippen LogP) is 2.33. The van der Waals surface area contributed by atoms with Crippen molar-refractivity contribution in [1.29, 1.82) is 0 Å². The zero-order valence-corrected chi connectivity index (χ0v) is 16.6. The van der Waals surface area contributed by atoms with Crippen LogP contribution in [0.25, 0.3) is 0 Å². The van der Waals surface area contributed by atoms with Gasteiger partial charge in [0.05, 0.1) is 0 Å². The van der Waals surface area contributed by atoms with Crippen LogP contribution < -0.4 is 0 Å². The van der Waals surface area contributed by atoms with E-state index in [2.05, 4.69) is 19.8 Å². The first-order chi connectivity index (χ1) is 13.1. The van der Waals surface area contributed by atoms with E-state index in [-0.39, 0.29) is 23.9 Å². The van der Waals surface area contributed by atoms with Gasteiger partial charge in [-0.2, -0.15) is 0 Å². The number of imidazole rings is 1. The number of hydrogen-bond acceptors (Lipinski definition) is 4. The monoisotopic (exact) mass is 374 g/mol. The van der Waals surface area contributed by atoms with Crippen LogP contribution >= 0.6 is 0 Å². The second kappa shape index (κ2) is 7.92. The van der Waals surface area contributed by atoms with Crippen LogP contribution in [0.15, 0.2) is 6.20 Å². The number of aliphatic hydroxyl groups excluding tert-OH is 1. The Morgan fingerprint density at radius 1 is 1.26 bits per heavy atom. The van der Waals surface area contributed by atoms with Gasteiger partial charge in [-0.1, -0.05) is 12.8 Å². The highest BCUT2D eigenvalue weighted by Gasteiger charge is 2.46. The fourth-order valence-electron chi connectivity index (χ4n) is 5.60. The molecule has 3 heterocycles. The molecule has 0 aromatic carbocycles. The highest BCUT2D eigenvalue weighted by Crippen LogP contribution is 2.45. The van der Waals surface area contributed by atoms with E-state index in [4.69, 9.17) is 0 Å². The van der Waals surface area contributed by atoms with Crippen molar-refractivity contribution in [3.8, 4) is 0 Å². The first-order valence-electron chi connectivity index (χ1n) is 10.7. The van der Waals surface area contributed by atoms with Gasteiger partial charge >= 0.3 is 0 Å². The molecule has 2 aliphatic heterocycles. The summed E-state index contributed by atoms with van der Waals surface area (Å²) in [6, 6.07) is 0. The lowest BCUT2D eigenvalue weighted by atomic mass is 9.64. The van der Waals surface area contributed by atoms with Crippen LogP contribution in [0.3, 0.4) is 0 Å². The van der Waals surface area contributed by atoms with Crippen LogP contribution in [-0.2, 0) is 11.3 Å². The number of H-pyrrole nitrogens is 1. The molecule has 0 unspecified atom stereocenters. The number of likely N-dealkylation sites (tertiary alicyclic amines) is 2. The summed E-state index contributed by atoms with van der Waals surface area (Å²) in [5, 5.41) is 10.1. The maximum absolute atomic E-state index is 12.8. The second-order valence-electron chi connectivity index (χ2n) is 9.03. The molecule has 6 heteroatoms. The van der Waals surface area contributed by atoms with E-state index in [1.54, 1.807) is 0 Å². The molecular weight excluding hydrogens is 340 g/mol. The molecule has 0 bridgehead atoms. The Bertz CT molecular complexity index is 644. The second-order valence-corrected chi connectivity index (χ2v) is 9.03. The van der Waals surface area contributed by atoms with Gasteiger partial charge in [0.1, 0.15) is 5.82 Å². The highest BCUT2D eigenvalue weighted by molar-refractivity contribution is 5.79. The lowest BCUT2D eigenvalue weighted by molar-refractivity contribution is -0.142. The molecule has 3 fully saturated rings. The number of hydrogen-bond donors (Lipinski definition) is 2. The SMILES string of the molecule is Cc1ncc(CN2CCC3(CC2)CCN(C(=O)C2CCCC2)C[C@@H]3CO)[nH]1. The third-order valence-electron chi connectivity index (χ3n) is 7.42. The largest absolute Gasteiger partial charge is 0.396 e. The molecule has 1 aromatic rings. The molecule has 1 spiro atoms. The summed E-state index contributed by atoms with van der Waals surface area (Å²) in [6.07, 6.45) is 9.75. The Hall–Kier alpha value is -1.40. The molecule has 1 aliphatic carbocycles. The average Bonchev–Trinajstić information content (AvgIpc) is 3.35. The number of carbonyl (C=O) groups is 1. The van der Waals surface area contributed by atoms with E-state index in [1.807, 2.05) is 13.1 Å². The summed E-state index contributed by atoms with van der Waals surface area (Å²) in [6.45, 7) is 6.87. The summed E-state index contributed by atoms with van der Waals surface area (Å²) in [4.78, 5) is 25.0. The van der Waals surface area contributed by atoms with Gasteiger partial charge in [0.15, 0.2) is 0 Å². The molecule has 0 radical (unpaired) electrons. The van der Waals surface area contributed by atoms with Gasteiger partial charge in [0, 0.05) is 50.0 Å². The molecule has 3 aliphatic rings. The number of aromatic nitrogens is 2. The van der Waals surface area contributed by atoms with Crippen LogP contribution in [-0.4, -0.2) is 63.6 Å². The number of aryl methyl sites for hydroxylation is 1. The standard InChI is InChI=1S/C21H34N4O2/c1-16-22-12-19(23-16)14-24-9-6-21(7-10-24)8-11-25(13-18(21)15-26)20(27)17-4-2-3-5-17/h12,17-18,26H,2-11,13-15H2,1H3,(H,22,23)/t18-/m1/s1. The van der Waals surface area contributed by atoms with Crippen molar-refractivity contribution < 1.29 is 9.90 Å². The first-order valence-corrected chi connectivity index (χ1v) is 10.7. The Morgan fingerprint density at radius 3 is 2.59 bits per heavy atom. The number of carbonyl (C=O) groups excluding carboxylic acids is 1. The molecule has 2 N–H and O–H groups in total. The van der Waals surface area contributed by atoms with Crippen LogP contribution in [0.4, 0.5) is 0 Å². The Kier molecular flexibility index (Phi) is 5.55. The fraction of sp³-hybridized carbons (Fsp3) is 0.810. The minimum absolute atomic E-state index is 0.203. The van der Waals surface area contributed by atoms with Crippen molar-refractivity contribution in [1.82, 2.24) is 19.8 Å². The van der Waals surface area contributed by atoms with Crippen molar-refractivity contribution in [3.63, 3.8) is 0 Å². The van der Waals surface area contributed by atoms with Gasteiger partial charge in [0.2, 0.25) is 5.91 Å². The van der Waals surface area contributed by atoms with Crippen molar-refractivity contribution >= 4 is 5.91 Å². The molecule has 1 amide bonds. The third-order valence-corrected chi connectivity index (χ3v) is 7.42. The predicted molar refractivity (Wildman–Crippen MR) is 104 cm³/mol. The van der Waals surface area contributed by atoms with E-state index in [9.17, 15) is 9.90 Å². The van der Waals surface area contributed by atoms with Gasteiger partial charge in [-0.15, -0.1) is 0 Å². The Morgan fingerprint density at radius 2 is 1.96 bits per heavy atom. The summed E-state index contributed by atoms with van der Waals surface area (Å²) in [5.74, 6) is 1.80. The van der Waals surface area contributed by atoms with Gasteiger partial charge < -0.3 is 15.0 Å².